The number of ether oxygens (including phenoxy) is 2. The molecule has 4 aromatic rings. The van der Waals surface area contributed by atoms with E-state index in [1.807, 2.05) is 0 Å². The molecule has 0 aliphatic rings. The number of benzene rings is 2. The van der Waals surface area contributed by atoms with Crippen LogP contribution in [-0.4, -0.2) is 25.1 Å². The molecule has 0 atom stereocenters. The summed E-state index contributed by atoms with van der Waals surface area (Å²) in [6.07, 6.45) is 2.71. The number of anilines is 3. The Morgan fingerprint density at radius 1 is 1.06 bits per heavy atom. The molecule has 0 saturated carbocycles. The van der Waals surface area contributed by atoms with Gasteiger partial charge in [0, 0.05) is 29.3 Å². The van der Waals surface area contributed by atoms with E-state index in [1.165, 1.54) is 32.6 Å². The molecule has 2 heterocycles. The van der Waals surface area contributed by atoms with Gasteiger partial charge in [0.2, 0.25) is 5.91 Å². The van der Waals surface area contributed by atoms with Crippen LogP contribution < -0.4 is 25.7 Å². The first-order chi connectivity index (χ1) is 16.9. The van der Waals surface area contributed by atoms with E-state index in [9.17, 15) is 9.59 Å². The summed E-state index contributed by atoms with van der Waals surface area (Å²) in [6.45, 7) is 3.45. The summed E-state index contributed by atoms with van der Waals surface area (Å²) in [5, 5.41) is 6.66. The molecule has 0 bridgehead atoms. The third kappa shape index (κ3) is 4.80. The summed E-state index contributed by atoms with van der Waals surface area (Å²) in [7, 11) is 2.89. The topological polar surface area (TPSA) is 103 Å². The lowest BCUT2D eigenvalue weighted by Gasteiger charge is -2.14. The first-order valence-corrected chi connectivity index (χ1v) is 11.0. The van der Waals surface area contributed by atoms with Gasteiger partial charge in [-0.3, -0.25) is 4.79 Å². The highest BCUT2D eigenvalue weighted by molar-refractivity contribution is 6.41. The molecule has 178 valence electrons. The zero-order valence-electron chi connectivity index (χ0n) is 18.6. The number of nitrogens with one attached hydrogen (secondary N) is 2. The van der Waals surface area contributed by atoms with Crippen molar-refractivity contribution in [3.63, 3.8) is 0 Å². The van der Waals surface area contributed by atoms with Gasteiger partial charge in [-0.05, 0) is 24.3 Å². The van der Waals surface area contributed by atoms with E-state index in [1.54, 1.807) is 36.4 Å². The van der Waals surface area contributed by atoms with E-state index in [0.29, 0.717) is 34.1 Å². The van der Waals surface area contributed by atoms with Crippen molar-refractivity contribution in [2.75, 3.05) is 24.9 Å². The van der Waals surface area contributed by atoms with E-state index < -0.39 is 5.63 Å². The van der Waals surface area contributed by atoms with Crippen LogP contribution in [0.2, 0.25) is 10.0 Å². The number of hydrogen-bond donors (Lipinski definition) is 2. The van der Waals surface area contributed by atoms with E-state index in [-0.39, 0.29) is 32.7 Å². The third-order valence-electron chi connectivity index (χ3n) is 5.09. The number of aromatic nitrogens is 1. The van der Waals surface area contributed by atoms with Gasteiger partial charge in [-0.1, -0.05) is 41.9 Å². The van der Waals surface area contributed by atoms with Crippen molar-refractivity contribution in [3.8, 4) is 22.6 Å². The molecule has 0 aliphatic carbocycles. The van der Waals surface area contributed by atoms with Crippen LogP contribution in [0.1, 0.15) is 0 Å². The maximum Gasteiger partial charge on any atom is 0.344 e. The number of halogens is 2. The number of methoxy groups -OCH3 is 2. The smallest absolute Gasteiger partial charge is 0.344 e. The number of carbonyl (C=O) groups excluding carboxylic acids is 1. The fourth-order valence-corrected chi connectivity index (χ4v) is 4.11. The summed E-state index contributed by atoms with van der Waals surface area (Å²) in [5.74, 6) is 0.633. The highest BCUT2D eigenvalue weighted by Crippen LogP contribution is 2.45. The highest BCUT2D eigenvalue weighted by Gasteiger charge is 2.22. The Labute approximate surface area is 210 Å². The van der Waals surface area contributed by atoms with Gasteiger partial charge in [0.1, 0.15) is 22.9 Å². The second kappa shape index (κ2) is 10.1. The van der Waals surface area contributed by atoms with Gasteiger partial charge < -0.3 is 24.5 Å². The SMILES string of the molecule is C=CC(=O)Nc1ccccc1Nc1cc2oc(=O)c(-c3c(Cl)c(OC)cc(OC)c3Cl)cc2cn1. The van der Waals surface area contributed by atoms with E-state index in [0.717, 1.165) is 0 Å². The zero-order valence-corrected chi connectivity index (χ0v) is 20.2. The van der Waals surface area contributed by atoms with Gasteiger partial charge in [-0.15, -0.1) is 0 Å². The molecular weight excluding hydrogens is 493 g/mol. The quantitative estimate of drug-likeness (QED) is 0.291. The van der Waals surface area contributed by atoms with E-state index in [4.69, 9.17) is 37.1 Å². The summed E-state index contributed by atoms with van der Waals surface area (Å²) >= 11 is 12.9. The second-order valence-corrected chi connectivity index (χ2v) is 7.96. The highest BCUT2D eigenvalue weighted by atomic mass is 35.5. The van der Waals surface area contributed by atoms with Crippen LogP contribution in [0, 0.1) is 0 Å². The van der Waals surface area contributed by atoms with Gasteiger partial charge in [-0.2, -0.15) is 0 Å². The Morgan fingerprint density at radius 3 is 2.34 bits per heavy atom. The van der Waals surface area contributed by atoms with Crippen molar-refractivity contribution in [1.82, 2.24) is 4.98 Å². The summed E-state index contributed by atoms with van der Waals surface area (Å²) in [5.41, 5.74) is 1.11. The molecule has 1 amide bonds. The number of fused-ring (bicyclic) bond motifs is 1. The summed E-state index contributed by atoms with van der Waals surface area (Å²) < 4.78 is 16.2. The van der Waals surface area contributed by atoms with Crippen molar-refractivity contribution >= 4 is 57.3 Å². The van der Waals surface area contributed by atoms with Crippen LogP contribution in [0.25, 0.3) is 22.1 Å². The molecule has 0 saturated heterocycles. The van der Waals surface area contributed by atoms with Crippen LogP contribution in [0.3, 0.4) is 0 Å². The Bertz CT molecular complexity index is 1490. The predicted octanol–water partition coefficient (Wildman–Crippen LogP) is 6.05. The van der Waals surface area contributed by atoms with Crippen LogP contribution in [0.5, 0.6) is 11.5 Å². The minimum Gasteiger partial charge on any atom is -0.495 e. The standard InChI is InChI=1S/C25H19Cl2N3O5/c1-4-21(31)30-16-8-6-5-7-15(16)29-20-11-17-13(12-28-20)9-14(25(32)35-17)22-23(26)18(33-2)10-19(34-3)24(22)27/h4-12H,1H2,2-3H3,(H,28,29)(H,30,31). The van der Waals surface area contributed by atoms with E-state index in [2.05, 4.69) is 22.2 Å². The summed E-state index contributed by atoms with van der Waals surface area (Å²) in [4.78, 5) is 29.1. The fourth-order valence-electron chi connectivity index (χ4n) is 3.40. The Morgan fingerprint density at radius 2 is 1.71 bits per heavy atom. The predicted molar refractivity (Wildman–Crippen MR) is 137 cm³/mol. The third-order valence-corrected chi connectivity index (χ3v) is 5.84. The number of hydrogen-bond acceptors (Lipinski definition) is 7. The van der Waals surface area contributed by atoms with Crippen LogP contribution in [-0.2, 0) is 4.79 Å². The van der Waals surface area contributed by atoms with Crippen LogP contribution in [0.4, 0.5) is 17.2 Å². The van der Waals surface area contributed by atoms with Crippen LogP contribution in [0.15, 0.2) is 70.5 Å². The zero-order chi connectivity index (χ0) is 25.1. The lowest BCUT2D eigenvalue weighted by atomic mass is 10.1. The Balaban J connectivity index is 1.76. The van der Waals surface area contributed by atoms with Gasteiger partial charge in [0.05, 0.1) is 41.2 Å². The van der Waals surface area contributed by atoms with E-state index >= 15 is 0 Å². The van der Waals surface area contributed by atoms with Crippen molar-refractivity contribution < 1.29 is 18.7 Å². The largest absolute Gasteiger partial charge is 0.495 e. The molecule has 0 spiro atoms. The molecule has 0 aliphatic heterocycles. The maximum absolute atomic E-state index is 13.0. The molecule has 10 heteroatoms. The van der Waals surface area contributed by atoms with Crippen LogP contribution >= 0.6 is 23.2 Å². The number of amides is 1. The number of rotatable bonds is 7. The molecule has 0 fully saturated rings. The van der Waals surface area contributed by atoms with Crippen molar-refractivity contribution in [1.29, 1.82) is 0 Å². The lowest BCUT2D eigenvalue weighted by Crippen LogP contribution is -2.09. The van der Waals surface area contributed by atoms with Gasteiger partial charge >= 0.3 is 5.63 Å². The van der Waals surface area contributed by atoms with Gasteiger partial charge in [0.25, 0.3) is 0 Å². The average molecular weight is 512 g/mol. The Hall–Kier alpha value is -4.01. The Kier molecular flexibility index (Phi) is 6.95. The minimum absolute atomic E-state index is 0.129. The van der Waals surface area contributed by atoms with Crippen molar-refractivity contribution in [3.05, 3.63) is 81.8 Å². The first kappa shape index (κ1) is 24.1. The molecule has 2 aromatic carbocycles. The second-order valence-electron chi connectivity index (χ2n) is 7.20. The average Bonchev–Trinajstić information content (AvgIpc) is 2.85. The number of carbonyl (C=O) groups is 1. The van der Waals surface area contributed by atoms with Crippen molar-refractivity contribution in [2.45, 2.75) is 0 Å². The molecule has 0 unspecified atom stereocenters. The minimum atomic E-state index is -0.660. The normalized spacial score (nSPS) is 10.6. The van der Waals surface area contributed by atoms with Crippen molar-refractivity contribution in [2.24, 2.45) is 0 Å². The molecule has 0 radical (unpaired) electrons. The molecule has 8 nitrogen and oxygen atoms in total. The molecule has 35 heavy (non-hydrogen) atoms. The molecule has 2 N–H and O–H groups in total. The molecule has 4 rings (SSSR count). The molecule has 2 aromatic heterocycles. The van der Waals surface area contributed by atoms with Gasteiger partial charge in [0.15, 0.2) is 0 Å². The molecular formula is C25H19Cl2N3O5. The fraction of sp³-hybridized carbons (Fsp3) is 0.0800. The van der Waals surface area contributed by atoms with Gasteiger partial charge in [-0.25, -0.2) is 9.78 Å². The number of nitrogens with zero attached hydrogens (tertiary/aromatic N) is 1. The number of pyridine rings is 1. The monoisotopic (exact) mass is 511 g/mol. The summed E-state index contributed by atoms with van der Waals surface area (Å²) in [6, 6.07) is 11.8. The first-order valence-electron chi connectivity index (χ1n) is 10.2. The number of para-hydroxylation sites is 2. The lowest BCUT2D eigenvalue weighted by molar-refractivity contribution is -0.111. The maximum atomic E-state index is 13.0.